The quantitative estimate of drug-likeness (QED) is 0.704. The van der Waals surface area contributed by atoms with Crippen molar-refractivity contribution in [2.45, 2.75) is 19.0 Å². The van der Waals surface area contributed by atoms with Crippen LogP contribution < -0.4 is 21.1 Å². The number of urea groups is 1. The molecule has 0 aliphatic rings. The van der Waals surface area contributed by atoms with Crippen molar-refractivity contribution in [1.82, 2.24) is 15.6 Å². The highest BCUT2D eigenvalue weighted by Crippen LogP contribution is 2.13. The van der Waals surface area contributed by atoms with Crippen LogP contribution in [-0.2, 0) is 17.8 Å². The molecule has 1 heterocycles. The molecule has 4 N–H and O–H groups in total. The summed E-state index contributed by atoms with van der Waals surface area (Å²) in [4.78, 5) is 27.7. The van der Waals surface area contributed by atoms with Crippen LogP contribution >= 0.6 is 0 Å². The van der Waals surface area contributed by atoms with Crippen molar-refractivity contribution in [1.29, 1.82) is 0 Å². The van der Waals surface area contributed by atoms with Gasteiger partial charge in [-0.3, -0.25) is 4.79 Å². The molecule has 1 unspecified atom stereocenters. The molecule has 0 fully saturated rings. The molecule has 0 radical (unpaired) electrons. The Hall–Kier alpha value is -3.09. The first-order chi connectivity index (χ1) is 11.6. The number of rotatable bonds is 7. The Labute approximate surface area is 140 Å². The van der Waals surface area contributed by atoms with E-state index in [9.17, 15) is 9.59 Å². The van der Waals surface area contributed by atoms with Crippen LogP contribution in [0.2, 0.25) is 0 Å². The van der Waals surface area contributed by atoms with Gasteiger partial charge in [-0.05, 0) is 11.6 Å². The molecule has 2 rings (SSSR count). The second-order valence-corrected chi connectivity index (χ2v) is 5.14. The third kappa shape index (κ3) is 4.98. The van der Waals surface area contributed by atoms with E-state index in [-0.39, 0.29) is 12.5 Å². The molecule has 0 spiro atoms. The first-order valence-corrected chi connectivity index (χ1v) is 7.45. The number of hydrogen-bond acceptors (Lipinski definition) is 4. The third-order valence-corrected chi connectivity index (χ3v) is 3.41. The summed E-state index contributed by atoms with van der Waals surface area (Å²) in [5.41, 5.74) is 6.84. The lowest BCUT2D eigenvalue weighted by molar-refractivity contribution is -0.123. The molecule has 1 aromatic heterocycles. The SMILES string of the molecule is COc1ncccc1CNC(=O)C(Cc1ccccc1)NC(N)=O. The normalized spacial score (nSPS) is 11.4. The number of methoxy groups -OCH3 is 1. The number of hydrogen-bond donors (Lipinski definition) is 3. The van der Waals surface area contributed by atoms with Crippen LogP contribution in [0.1, 0.15) is 11.1 Å². The van der Waals surface area contributed by atoms with Crippen molar-refractivity contribution in [3.8, 4) is 5.88 Å². The zero-order chi connectivity index (χ0) is 17.4. The molecule has 24 heavy (non-hydrogen) atoms. The highest BCUT2D eigenvalue weighted by Gasteiger charge is 2.20. The van der Waals surface area contributed by atoms with Gasteiger partial charge in [-0.15, -0.1) is 0 Å². The number of primary amides is 1. The van der Waals surface area contributed by atoms with E-state index in [0.717, 1.165) is 11.1 Å². The molecule has 3 amide bonds. The van der Waals surface area contributed by atoms with E-state index in [2.05, 4.69) is 15.6 Å². The largest absolute Gasteiger partial charge is 0.481 e. The van der Waals surface area contributed by atoms with Crippen molar-refractivity contribution < 1.29 is 14.3 Å². The fraction of sp³-hybridized carbons (Fsp3) is 0.235. The monoisotopic (exact) mass is 328 g/mol. The molecule has 0 aliphatic heterocycles. The van der Waals surface area contributed by atoms with E-state index >= 15 is 0 Å². The Morgan fingerprint density at radius 3 is 2.62 bits per heavy atom. The predicted molar refractivity (Wildman–Crippen MR) is 89.3 cm³/mol. The van der Waals surface area contributed by atoms with Crippen LogP contribution in [0.5, 0.6) is 5.88 Å². The van der Waals surface area contributed by atoms with Crippen molar-refractivity contribution in [3.05, 3.63) is 59.8 Å². The molecule has 0 aliphatic carbocycles. The molecule has 7 nitrogen and oxygen atoms in total. The molecule has 0 bridgehead atoms. The van der Waals surface area contributed by atoms with Gasteiger partial charge in [0.15, 0.2) is 0 Å². The first kappa shape index (κ1) is 17.3. The minimum absolute atomic E-state index is 0.238. The van der Waals surface area contributed by atoms with Crippen LogP contribution in [0, 0.1) is 0 Å². The average Bonchev–Trinajstić information content (AvgIpc) is 2.60. The van der Waals surface area contributed by atoms with E-state index in [1.165, 1.54) is 7.11 Å². The zero-order valence-electron chi connectivity index (χ0n) is 13.4. The predicted octanol–water partition coefficient (Wildman–Crippen LogP) is 0.986. The summed E-state index contributed by atoms with van der Waals surface area (Å²) in [7, 11) is 1.51. The number of nitrogens with zero attached hydrogens (tertiary/aromatic N) is 1. The average molecular weight is 328 g/mol. The van der Waals surface area contributed by atoms with Crippen LogP contribution in [-0.4, -0.2) is 30.1 Å². The van der Waals surface area contributed by atoms with Crippen molar-refractivity contribution >= 4 is 11.9 Å². The molecule has 126 valence electrons. The van der Waals surface area contributed by atoms with Crippen LogP contribution in [0.3, 0.4) is 0 Å². The third-order valence-electron chi connectivity index (χ3n) is 3.41. The van der Waals surface area contributed by atoms with Gasteiger partial charge in [0.25, 0.3) is 0 Å². The summed E-state index contributed by atoms with van der Waals surface area (Å²) in [6.45, 7) is 0.238. The van der Waals surface area contributed by atoms with E-state index in [4.69, 9.17) is 10.5 Å². The topological polar surface area (TPSA) is 106 Å². The summed E-state index contributed by atoms with van der Waals surface area (Å²) < 4.78 is 5.15. The minimum Gasteiger partial charge on any atom is -0.481 e. The van der Waals surface area contributed by atoms with Crippen LogP contribution in [0.15, 0.2) is 48.7 Å². The number of pyridine rings is 1. The van der Waals surface area contributed by atoms with Gasteiger partial charge in [-0.1, -0.05) is 36.4 Å². The van der Waals surface area contributed by atoms with Gasteiger partial charge >= 0.3 is 6.03 Å². The number of carbonyl (C=O) groups excluding carboxylic acids is 2. The second-order valence-electron chi connectivity index (χ2n) is 5.14. The molecule has 0 saturated carbocycles. The lowest BCUT2D eigenvalue weighted by atomic mass is 10.1. The Morgan fingerprint density at radius 2 is 1.96 bits per heavy atom. The van der Waals surface area contributed by atoms with Gasteiger partial charge in [0.1, 0.15) is 6.04 Å². The Kier molecular flexibility index (Phi) is 6.13. The molecule has 2 aromatic rings. The number of nitrogens with two attached hydrogens (primary N) is 1. The van der Waals surface area contributed by atoms with Gasteiger partial charge in [-0.2, -0.15) is 0 Å². The lowest BCUT2D eigenvalue weighted by Crippen LogP contribution is -2.49. The van der Waals surface area contributed by atoms with Crippen LogP contribution in [0.4, 0.5) is 4.79 Å². The molecule has 1 aromatic carbocycles. The van der Waals surface area contributed by atoms with E-state index < -0.39 is 12.1 Å². The van der Waals surface area contributed by atoms with E-state index in [1.807, 2.05) is 30.3 Å². The first-order valence-electron chi connectivity index (χ1n) is 7.45. The maximum atomic E-state index is 12.4. The van der Waals surface area contributed by atoms with E-state index in [0.29, 0.717) is 12.3 Å². The number of nitrogens with one attached hydrogen (secondary N) is 2. The smallest absolute Gasteiger partial charge is 0.312 e. The van der Waals surface area contributed by atoms with Crippen molar-refractivity contribution in [3.63, 3.8) is 0 Å². The Bertz CT molecular complexity index is 691. The summed E-state index contributed by atoms with van der Waals surface area (Å²) in [6.07, 6.45) is 1.96. The van der Waals surface area contributed by atoms with Gasteiger partial charge < -0.3 is 21.1 Å². The minimum atomic E-state index is -0.757. The summed E-state index contributed by atoms with van der Waals surface area (Å²) in [5, 5.41) is 5.24. The lowest BCUT2D eigenvalue weighted by Gasteiger charge is -2.18. The summed E-state index contributed by atoms with van der Waals surface area (Å²) in [6, 6.07) is 11.4. The Balaban J connectivity index is 2.03. The number of aromatic nitrogens is 1. The highest BCUT2D eigenvalue weighted by molar-refractivity contribution is 5.86. The van der Waals surface area contributed by atoms with Crippen LogP contribution in [0.25, 0.3) is 0 Å². The number of carbonyl (C=O) groups is 2. The van der Waals surface area contributed by atoms with Gasteiger partial charge in [0.2, 0.25) is 11.8 Å². The number of amides is 3. The molecular formula is C17H20N4O3. The van der Waals surface area contributed by atoms with Crippen molar-refractivity contribution in [2.75, 3.05) is 7.11 Å². The van der Waals surface area contributed by atoms with Crippen molar-refractivity contribution in [2.24, 2.45) is 5.73 Å². The highest BCUT2D eigenvalue weighted by atomic mass is 16.5. The molecule has 7 heteroatoms. The van der Waals surface area contributed by atoms with Gasteiger partial charge in [0.05, 0.1) is 7.11 Å². The van der Waals surface area contributed by atoms with E-state index in [1.54, 1.807) is 18.3 Å². The van der Waals surface area contributed by atoms with Gasteiger partial charge in [-0.25, -0.2) is 9.78 Å². The molecular weight excluding hydrogens is 308 g/mol. The summed E-state index contributed by atoms with van der Waals surface area (Å²) >= 11 is 0. The number of benzene rings is 1. The maximum absolute atomic E-state index is 12.4. The summed E-state index contributed by atoms with van der Waals surface area (Å²) in [5.74, 6) is 0.115. The maximum Gasteiger partial charge on any atom is 0.312 e. The fourth-order valence-corrected chi connectivity index (χ4v) is 2.28. The second kappa shape index (κ2) is 8.52. The molecule has 0 saturated heterocycles. The Morgan fingerprint density at radius 1 is 1.21 bits per heavy atom. The standard InChI is InChI=1S/C17H20N4O3/c1-24-16-13(8-5-9-19-16)11-20-15(22)14(21-17(18)23)10-12-6-3-2-4-7-12/h2-9,14H,10-11H2,1H3,(H,20,22)(H3,18,21,23). The van der Waals surface area contributed by atoms with Gasteiger partial charge in [0, 0.05) is 24.7 Å². The zero-order valence-corrected chi connectivity index (χ0v) is 13.4. The molecule has 1 atom stereocenters. The fourth-order valence-electron chi connectivity index (χ4n) is 2.28. The number of ether oxygens (including phenoxy) is 1.